The van der Waals surface area contributed by atoms with E-state index in [0.29, 0.717) is 19.4 Å². The predicted molar refractivity (Wildman–Crippen MR) is 25.7 cm³/mol. The lowest BCUT2D eigenvalue weighted by Crippen LogP contribution is -2.13. The highest BCUT2D eigenvalue weighted by molar-refractivity contribution is 5.45. The maximum Gasteiger partial charge on any atom is 0.207 e. The maximum absolute atomic E-state index is 10.8. The van der Waals surface area contributed by atoms with Crippen molar-refractivity contribution in [3.8, 4) is 0 Å². The molecular formula is C4H8FNO2. The van der Waals surface area contributed by atoms with Gasteiger partial charge in [-0.3, -0.25) is 4.79 Å². The van der Waals surface area contributed by atoms with E-state index in [-0.39, 0.29) is 6.61 Å². The minimum Gasteiger partial charge on any atom is -0.359 e. The van der Waals surface area contributed by atoms with Crippen molar-refractivity contribution < 1.29 is 14.3 Å². The van der Waals surface area contributed by atoms with Crippen molar-refractivity contribution in [2.24, 2.45) is 0 Å². The van der Waals surface area contributed by atoms with Crippen LogP contribution in [-0.2, 0) is 9.74 Å². The first-order valence-electron chi connectivity index (χ1n) is 2.32. The topological polar surface area (TPSA) is 38.3 Å². The van der Waals surface area contributed by atoms with E-state index in [1.54, 1.807) is 0 Å². The molecule has 0 aliphatic heterocycles. The van der Waals surface area contributed by atoms with Crippen molar-refractivity contribution in [1.29, 1.82) is 0 Å². The van der Waals surface area contributed by atoms with Crippen LogP contribution in [-0.4, -0.2) is 19.6 Å². The second kappa shape index (κ2) is 6.36. The Labute approximate surface area is 46.7 Å². The lowest BCUT2D eigenvalue weighted by molar-refractivity contribution is -0.132. The van der Waals surface area contributed by atoms with E-state index >= 15 is 0 Å². The van der Waals surface area contributed by atoms with Gasteiger partial charge in [-0.05, 0) is 10.9 Å². The molecule has 0 unspecified atom stereocenters. The Kier molecular flexibility index (Phi) is 5.85. The summed E-state index contributed by atoms with van der Waals surface area (Å²) in [6.07, 6.45) is 1.08. The molecule has 0 spiro atoms. The molecule has 0 aliphatic rings. The second-order valence-electron chi connectivity index (χ2n) is 1.24. The maximum atomic E-state index is 10.8. The van der Waals surface area contributed by atoms with Crippen LogP contribution < -0.4 is 5.32 Å². The SMILES string of the molecule is O=CNCCCOF. The molecule has 0 rings (SSSR count). The summed E-state index contributed by atoms with van der Waals surface area (Å²) in [6, 6.07) is 0. The molecule has 0 heterocycles. The van der Waals surface area contributed by atoms with Crippen LogP contribution in [0.15, 0.2) is 0 Å². The molecule has 0 saturated heterocycles. The summed E-state index contributed by atoms with van der Waals surface area (Å²) in [5.41, 5.74) is 0. The van der Waals surface area contributed by atoms with Gasteiger partial charge in [-0.25, -0.2) is 0 Å². The summed E-state index contributed by atoms with van der Waals surface area (Å²) in [5, 5.41) is 2.36. The third kappa shape index (κ3) is 5.36. The lowest BCUT2D eigenvalue weighted by atomic mass is 10.5. The minimum absolute atomic E-state index is 0.0425. The molecule has 0 bridgehead atoms. The van der Waals surface area contributed by atoms with Gasteiger partial charge in [0.05, 0.1) is 6.61 Å². The standard InChI is InChI=1S/C4H8FNO2/c5-8-3-1-2-6-4-7/h4H,1-3H2,(H,6,7). The van der Waals surface area contributed by atoms with Crippen molar-refractivity contribution in [2.45, 2.75) is 6.42 Å². The minimum atomic E-state index is 0.0425. The second-order valence-corrected chi connectivity index (χ2v) is 1.24. The van der Waals surface area contributed by atoms with Gasteiger partial charge in [0.25, 0.3) is 0 Å². The van der Waals surface area contributed by atoms with Gasteiger partial charge in [0.2, 0.25) is 6.41 Å². The molecule has 1 N–H and O–H groups in total. The molecule has 48 valence electrons. The van der Waals surface area contributed by atoms with Gasteiger partial charge < -0.3 is 5.32 Å². The molecule has 0 aromatic rings. The van der Waals surface area contributed by atoms with Gasteiger partial charge in [0.15, 0.2) is 0 Å². The summed E-state index contributed by atoms with van der Waals surface area (Å²) in [4.78, 5) is 12.8. The van der Waals surface area contributed by atoms with E-state index in [2.05, 4.69) is 10.3 Å². The Morgan fingerprint density at radius 3 is 3.00 bits per heavy atom. The number of halogens is 1. The lowest BCUT2D eigenvalue weighted by Gasteiger charge is -1.92. The number of rotatable bonds is 5. The Hall–Kier alpha value is -0.640. The van der Waals surface area contributed by atoms with E-state index in [1.807, 2.05) is 0 Å². The zero-order chi connectivity index (χ0) is 6.24. The number of hydrogen-bond acceptors (Lipinski definition) is 2. The monoisotopic (exact) mass is 121 g/mol. The fourth-order valence-corrected chi connectivity index (χ4v) is 0.288. The molecule has 0 radical (unpaired) electrons. The summed E-state index contributed by atoms with van der Waals surface area (Å²) in [6.45, 7) is 0.508. The zero-order valence-corrected chi connectivity index (χ0v) is 4.39. The van der Waals surface area contributed by atoms with Crippen molar-refractivity contribution in [3.05, 3.63) is 0 Å². The predicted octanol–water partition coefficient (Wildman–Crippen LogP) is 0.0236. The number of amides is 1. The van der Waals surface area contributed by atoms with Gasteiger partial charge >= 0.3 is 0 Å². The van der Waals surface area contributed by atoms with Crippen LogP contribution in [0.3, 0.4) is 0 Å². The highest BCUT2D eigenvalue weighted by atomic mass is 19.3. The summed E-state index contributed by atoms with van der Waals surface area (Å²) < 4.78 is 10.8. The van der Waals surface area contributed by atoms with E-state index in [4.69, 9.17) is 0 Å². The third-order valence-electron chi connectivity index (χ3n) is 0.626. The first kappa shape index (κ1) is 7.36. The average Bonchev–Trinajstić information content (AvgIpc) is 1.81. The van der Waals surface area contributed by atoms with Gasteiger partial charge in [-0.2, -0.15) is 4.94 Å². The normalized spacial score (nSPS) is 8.62. The molecule has 8 heavy (non-hydrogen) atoms. The molecule has 0 aromatic carbocycles. The molecular weight excluding hydrogens is 113 g/mol. The molecule has 0 fully saturated rings. The number of carbonyl (C=O) groups is 1. The van der Waals surface area contributed by atoms with Gasteiger partial charge in [0, 0.05) is 6.54 Å². The third-order valence-corrected chi connectivity index (χ3v) is 0.626. The molecule has 0 aliphatic carbocycles. The molecule has 1 amide bonds. The first-order chi connectivity index (χ1) is 3.91. The zero-order valence-electron chi connectivity index (χ0n) is 4.39. The van der Waals surface area contributed by atoms with E-state index < -0.39 is 0 Å². The molecule has 0 atom stereocenters. The van der Waals surface area contributed by atoms with Crippen LogP contribution in [0.5, 0.6) is 0 Å². The fourth-order valence-electron chi connectivity index (χ4n) is 0.288. The highest BCUT2D eigenvalue weighted by Gasteiger charge is 1.83. The summed E-state index contributed by atoms with van der Waals surface area (Å²) in [5.74, 6) is 0. The van der Waals surface area contributed by atoms with E-state index in [9.17, 15) is 9.32 Å². The fraction of sp³-hybridized carbons (Fsp3) is 0.750. The first-order valence-corrected chi connectivity index (χ1v) is 2.32. The largest absolute Gasteiger partial charge is 0.359 e. The van der Waals surface area contributed by atoms with Gasteiger partial charge in [-0.15, -0.1) is 0 Å². The van der Waals surface area contributed by atoms with Crippen molar-refractivity contribution >= 4 is 6.41 Å². The summed E-state index contributed by atoms with van der Waals surface area (Å²) in [7, 11) is 0. The van der Waals surface area contributed by atoms with Crippen molar-refractivity contribution in [1.82, 2.24) is 5.32 Å². The van der Waals surface area contributed by atoms with Crippen molar-refractivity contribution in [2.75, 3.05) is 13.2 Å². The van der Waals surface area contributed by atoms with Crippen LogP contribution in [0.2, 0.25) is 0 Å². The van der Waals surface area contributed by atoms with Crippen LogP contribution in [0.4, 0.5) is 4.53 Å². The van der Waals surface area contributed by atoms with Gasteiger partial charge in [-0.1, -0.05) is 0 Å². The highest BCUT2D eigenvalue weighted by Crippen LogP contribution is 1.77. The van der Waals surface area contributed by atoms with Crippen LogP contribution in [0.1, 0.15) is 6.42 Å². The molecule has 3 nitrogen and oxygen atoms in total. The van der Waals surface area contributed by atoms with Crippen molar-refractivity contribution in [3.63, 3.8) is 0 Å². The van der Waals surface area contributed by atoms with E-state index in [0.717, 1.165) is 0 Å². The Balaban J connectivity index is 2.62. The number of hydrogen-bond donors (Lipinski definition) is 1. The van der Waals surface area contributed by atoms with Crippen LogP contribution >= 0.6 is 0 Å². The quantitative estimate of drug-likeness (QED) is 0.411. The van der Waals surface area contributed by atoms with Crippen LogP contribution in [0, 0.1) is 0 Å². The number of nitrogens with one attached hydrogen (secondary N) is 1. The van der Waals surface area contributed by atoms with Gasteiger partial charge in [0.1, 0.15) is 0 Å². The Bertz CT molecular complexity index is 60.0. The molecule has 0 saturated carbocycles. The Morgan fingerprint density at radius 2 is 2.50 bits per heavy atom. The average molecular weight is 121 g/mol. The molecule has 4 heteroatoms. The summed E-state index contributed by atoms with van der Waals surface area (Å²) >= 11 is 0. The van der Waals surface area contributed by atoms with Crippen LogP contribution in [0.25, 0.3) is 0 Å². The molecule has 0 aromatic heterocycles. The number of carbonyl (C=O) groups excluding carboxylic acids is 1. The Morgan fingerprint density at radius 1 is 1.75 bits per heavy atom. The smallest absolute Gasteiger partial charge is 0.207 e. The van der Waals surface area contributed by atoms with E-state index in [1.165, 1.54) is 0 Å².